The van der Waals surface area contributed by atoms with Gasteiger partial charge in [-0.25, -0.2) is 9.37 Å². The first-order chi connectivity index (χ1) is 10.1. The number of nitrogens with zero attached hydrogens (tertiary/aromatic N) is 2. The van der Waals surface area contributed by atoms with E-state index in [0.29, 0.717) is 24.3 Å². The number of H-pyrrole nitrogens is 1. The smallest absolute Gasteiger partial charge is 0.146 e. The minimum atomic E-state index is -0.211. The summed E-state index contributed by atoms with van der Waals surface area (Å²) in [5.74, 6) is 0.663. The number of fused-ring (bicyclic) bond motifs is 1. The SMILES string of the molecule is CN(CCc1nc2ccc(N)cc2[nH]1)c1ccccc1F. The van der Waals surface area contributed by atoms with Crippen LogP contribution in [0.15, 0.2) is 42.5 Å². The Hall–Kier alpha value is -2.56. The van der Waals surface area contributed by atoms with Crippen LogP contribution in [0.2, 0.25) is 0 Å². The Morgan fingerprint density at radius 3 is 2.86 bits per heavy atom. The lowest BCUT2D eigenvalue weighted by molar-refractivity contribution is 0.621. The summed E-state index contributed by atoms with van der Waals surface area (Å²) < 4.78 is 13.7. The summed E-state index contributed by atoms with van der Waals surface area (Å²) in [5.41, 5.74) is 8.88. The van der Waals surface area contributed by atoms with Crippen molar-refractivity contribution in [3.63, 3.8) is 0 Å². The maximum Gasteiger partial charge on any atom is 0.146 e. The highest BCUT2D eigenvalue weighted by atomic mass is 19.1. The average Bonchev–Trinajstić information content (AvgIpc) is 2.87. The van der Waals surface area contributed by atoms with Crippen LogP contribution in [0, 0.1) is 5.82 Å². The van der Waals surface area contributed by atoms with Crippen molar-refractivity contribution in [1.29, 1.82) is 0 Å². The fraction of sp³-hybridized carbons (Fsp3) is 0.188. The fourth-order valence-corrected chi connectivity index (χ4v) is 2.35. The molecule has 5 heteroatoms. The molecule has 0 amide bonds. The lowest BCUT2D eigenvalue weighted by Crippen LogP contribution is -2.21. The van der Waals surface area contributed by atoms with Crippen molar-refractivity contribution in [1.82, 2.24) is 9.97 Å². The number of nitrogen functional groups attached to an aromatic ring is 1. The molecule has 0 aliphatic carbocycles. The van der Waals surface area contributed by atoms with Gasteiger partial charge >= 0.3 is 0 Å². The van der Waals surface area contributed by atoms with Gasteiger partial charge in [0.2, 0.25) is 0 Å². The van der Waals surface area contributed by atoms with E-state index < -0.39 is 0 Å². The first kappa shape index (κ1) is 13.4. The van der Waals surface area contributed by atoms with Crippen molar-refractivity contribution in [3.8, 4) is 0 Å². The Bertz CT molecular complexity index is 766. The standard InChI is InChI=1S/C16H17FN4/c1-21(15-5-3-2-4-12(15)17)9-8-16-19-13-7-6-11(18)10-14(13)20-16/h2-7,10H,8-9,18H2,1H3,(H,19,20). The third-order valence-corrected chi connectivity index (χ3v) is 3.50. The molecule has 108 valence electrons. The highest BCUT2D eigenvalue weighted by molar-refractivity contribution is 5.78. The zero-order chi connectivity index (χ0) is 14.8. The molecule has 1 aromatic heterocycles. The highest BCUT2D eigenvalue weighted by Gasteiger charge is 2.08. The summed E-state index contributed by atoms with van der Waals surface area (Å²) in [5, 5.41) is 0. The van der Waals surface area contributed by atoms with E-state index in [4.69, 9.17) is 5.73 Å². The number of hydrogen-bond acceptors (Lipinski definition) is 3. The zero-order valence-electron chi connectivity index (χ0n) is 11.8. The Labute approximate surface area is 122 Å². The minimum absolute atomic E-state index is 0.211. The van der Waals surface area contributed by atoms with Crippen LogP contribution in [0.25, 0.3) is 11.0 Å². The molecular weight excluding hydrogens is 267 g/mol. The second-order valence-corrected chi connectivity index (χ2v) is 5.08. The summed E-state index contributed by atoms with van der Waals surface area (Å²) >= 11 is 0. The highest BCUT2D eigenvalue weighted by Crippen LogP contribution is 2.18. The first-order valence-corrected chi connectivity index (χ1v) is 6.83. The summed E-state index contributed by atoms with van der Waals surface area (Å²) in [7, 11) is 1.87. The van der Waals surface area contributed by atoms with E-state index in [1.807, 2.05) is 36.2 Å². The van der Waals surface area contributed by atoms with E-state index in [1.165, 1.54) is 6.07 Å². The van der Waals surface area contributed by atoms with E-state index in [0.717, 1.165) is 16.9 Å². The minimum Gasteiger partial charge on any atom is -0.399 e. The Morgan fingerprint density at radius 1 is 1.24 bits per heavy atom. The quantitative estimate of drug-likeness (QED) is 0.724. The molecule has 1 heterocycles. The van der Waals surface area contributed by atoms with Gasteiger partial charge in [0.25, 0.3) is 0 Å². The van der Waals surface area contributed by atoms with Crippen LogP contribution in [0.1, 0.15) is 5.82 Å². The molecule has 3 N–H and O–H groups in total. The first-order valence-electron chi connectivity index (χ1n) is 6.83. The van der Waals surface area contributed by atoms with Gasteiger partial charge in [0.05, 0.1) is 16.7 Å². The number of likely N-dealkylation sites (N-methyl/N-ethyl adjacent to an activating group) is 1. The number of nitrogens with two attached hydrogens (primary N) is 1. The zero-order valence-corrected chi connectivity index (χ0v) is 11.8. The number of para-hydroxylation sites is 1. The molecular formula is C16H17FN4. The van der Waals surface area contributed by atoms with Crippen molar-refractivity contribution >= 4 is 22.4 Å². The molecule has 0 saturated heterocycles. The largest absolute Gasteiger partial charge is 0.399 e. The molecule has 21 heavy (non-hydrogen) atoms. The van der Waals surface area contributed by atoms with Crippen LogP contribution in [0.3, 0.4) is 0 Å². The van der Waals surface area contributed by atoms with Crippen molar-refractivity contribution < 1.29 is 4.39 Å². The normalized spacial score (nSPS) is 11.0. The van der Waals surface area contributed by atoms with Crippen molar-refractivity contribution in [2.45, 2.75) is 6.42 Å². The van der Waals surface area contributed by atoms with Gasteiger partial charge in [0, 0.05) is 25.7 Å². The van der Waals surface area contributed by atoms with E-state index in [9.17, 15) is 4.39 Å². The van der Waals surface area contributed by atoms with Gasteiger partial charge < -0.3 is 15.6 Å². The maximum atomic E-state index is 13.7. The molecule has 2 aromatic carbocycles. The molecule has 0 atom stereocenters. The van der Waals surface area contributed by atoms with Crippen LogP contribution in [-0.4, -0.2) is 23.6 Å². The predicted octanol–water partition coefficient (Wildman–Crippen LogP) is 2.96. The van der Waals surface area contributed by atoms with Gasteiger partial charge in [0.15, 0.2) is 0 Å². The third-order valence-electron chi connectivity index (χ3n) is 3.50. The number of imidazole rings is 1. The van der Waals surface area contributed by atoms with Gasteiger partial charge in [0.1, 0.15) is 11.6 Å². The van der Waals surface area contributed by atoms with Crippen LogP contribution >= 0.6 is 0 Å². The molecule has 0 spiro atoms. The number of benzene rings is 2. The van der Waals surface area contributed by atoms with Crippen LogP contribution in [-0.2, 0) is 6.42 Å². The molecule has 3 aromatic rings. The number of halogens is 1. The van der Waals surface area contributed by atoms with E-state index in [2.05, 4.69) is 9.97 Å². The number of rotatable bonds is 4. The maximum absolute atomic E-state index is 13.7. The Balaban J connectivity index is 1.73. The van der Waals surface area contributed by atoms with Crippen molar-refractivity contribution in [3.05, 3.63) is 54.1 Å². The second kappa shape index (κ2) is 5.44. The lowest BCUT2D eigenvalue weighted by atomic mass is 10.2. The molecule has 0 aliphatic rings. The van der Waals surface area contributed by atoms with Gasteiger partial charge in [-0.2, -0.15) is 0 Å². The van der Waals surface area contributed by atoms with Gasteiger partial charge in [-0.15, -0.1) is 0 Å². The van der Waals surface area contributed by atoms with Crippen LogP contribution < -0.4 is 10.6 Å². The van der Waals surface area contributed by atoms with E-state index >= 15 is 0 Å². The number of anilines is 2. The Kier molecular flexibility index (Phi) is 3.48. The van der Waals surface area contributed by atoms with E-state index in [1.54, 1.807) is 12.1 Å². The summed E-state index contributed by atoms with van der Waals surface area (Å²) in [4.78, 5) is 9.64. The average molecular weight is 284 g/mol. The van der Waals surface area contributed by atoms with Crippen molar-refractivity contribution in [2.24, 2.45) is 0 Å². The van der Waals surface area contributed by atoms with Gasteiger partial charge in [-0.05, 0) is 30.3 Å². The predicted molar refractivity (Wildman–Crippen MR) is 83.9 cm³/mol. The monoisotopic (exact) mass is 284 g/mol. The summed E-state index contributed by atoms with van der Waals surface area (Å²) in [6.45, 7) is 0.677. The summed E-state index contributed by atoms with van der Waals surface area (Å²) in [6, 6.07) is 12.4. The molecule has 4 nitrogen and oxygen atoms in total. The third kappa shape index (κ3) is 2.81. The topological polar surface area (TPSA) is 57.9 Å². The number of aromatic nitrogens is 2. The molecule has 0 bridgehead atoms. The number of aromatic amines is 1. The lowest BCUT2D eigenvalue weighted by Gasteiger charge is -2.19. The van der Waals surface area contributed by atoms with Gasteiger partial charge in [-0.3, -0.25) is 0 Å². The molecule has 0 saturated carbocycles. The molecule has 3 rings (SSSR count). The Morgan fingerprint density at radius 2 is 2.05 bits per heavy atom. The summed E-state index contributed by atoms with van der Waals surface area (Å²) in [6.07, 6.45) is 0.708. The van der Waals surface area contributed by atoms with Crippen LogP contribution in [0.5, 0.6) is 0 Å². The number of nitrogens with one attached hydrogen (secondary N) is 1. The second-order valence-electron chi connectivity index (χ2n) is 5.08. The molecule has 0 unspecified atom stereocenters. The number of hydrogen-bond donors (Lipinski definition) is 2. The van der Waals surface area contributed by atoms with Crippen LogP contribution in [0.4, 0.5) is 15.8 Å². The van der Waals surface area contributed by atoms with E-state index in [-0.39, 0.29) is 5.82 Å². The molecule has 0 radical (unpaired) electrons. The molecule has 0 aliphatic heterocycles. The van der Waals surface area contributed by atoms with Gasteiger partial charge in [-0.1, -0.05) is 12.1 Å². The molecule has 0 fully saturated rings. The van der Waals surface area contributed by atoms with Crippen molar-refractivity contribution in [2.75, 3.05) is 24.2 Å². The fourth-order valence-electron chi connectivity index (χ4n) is 2.35.